The Kier molecular flexibility index (Phi) is 3.99. The highest BCUT2D eigenvalue weighted by molar-refractivity contribution is 5.95. The molecule has 0 saturated carbocycles. The fourth-order valence-corrected chi connectivity index (χ4v) is 2.17. The zero-order valence-electron chi connectivity index (χ0n) is 10.8. The van der Waals surface area contributed by atoms with E-state index in [-0.39, 0.29) is 11.3 Å². The predicted molar refractivity (Wildman–Crippen MR) is 68.8 cm³/mol. The largest absolute Gasteiger partial charge is 0.396 e. The average Bonchev–Trinajstić information content (AvgIpc) is 2.42. The second-order valence-electron chi connectivity index (χ2n) is 4.58. The van der Waals surface area contributed by atoms with Crippen molar-refractivity contribution in [1.29, 1.82) is 0 Å². The van der Waals surface area contributed by atoms with Crippen molar-refractivity contribution in [2.45, 2.75) is 6.92 Å². The van der Waals surface area contributed by atoms with E-state index in [9.17, 15) is 13.6 Å². The van der Waals surface area contributed by atoms with E-state index in [4.69, 9.17) is 5.73 Å². The molecule has 1 amide bonds. The monoisotopic (exact) mass is 269 g/mol. The molecule has 0 aliphatic carbocycles. The van der Waals surface area contributed by atoms with Crippen LogP contribution in [-0.2, 0) is 0 Å². The van der Waals surface area contributed by atoms with Crippen LogP contribution in [-0.4, -0.2) is 48.4 Å². The number of hydrogen-bond donors (Lipinski definition) is 1. The summed E-state index contributed by atoms with van der Waals surface area (Å²) in [5.41, 5.74) is 5.01. The Morgan fingerprint density at radius 3 is 2.42 bits per heavy atom. The molecule has 1 aliphatic rings. The number of benzene rings is 1. The quantitative estimate of drug-likeness (QED) is 0.824. The minimum Gasteiger partial charge on any atom is -0.396 e. The van der Waals surface area contributed by atoms with Gasteiger partial charge in [0.05, 0.1) is 11.3 Å². The molecule has 2 N–H and O–H groups in total. The van der Waals surface area contributed by atoms with Crippen LogP contribution in [0.4, 0.5) is 14.5 Å². The van der Waals surface area contributed by atoms with Crippen molar-refractivity contribution in [3.8, 4) is 0 Å². The van der Waals surface area contributed by atoms with E-state index in [1.165, 1.54) is 0 Å². The number of nitrogen functional groups attached to an aromatic ring is 1. The second-order valence-corrected chi connectivity index (χ2v) is 4.58. The number of halogens is 2. The third kappa shape index (κ3) is 2.84. The zero-order chi connectivity index (χ0) is 14.0. The second kappa shape index (κ2) is 5.52. The molecule has 6 heteroatoms. The minimum atomic E-state index is -0.866. The van der Waals surface area contributed by atoms with Gasteiger partial charge in [-0.1, -0.05) is 6.92 Å². The lowest BCUT2D eigenvalue weighted by atomic mass is 10.1. The molecule has 1 aromatic rings. The van der Waals surface area contributed by atoms with E-state index < -0.39 is 17.5 Å². The summed E-state index contributed by atoms with van der Waals surface area (Å²) in [5, 5.41) is 0. The molecule has 1 fully saturated rings. The summed E-state index contributed by atoms with van der Waals surface area (Å²) in [6.45, 7) is 5.60. The number of carbonyl (C=O) groups is 1. The summed E-state index contributed by atoms with van der Waals surface area (Å²) >= 11 is 0. The number of piperazine rings is 1. The molecule has 1 saturated heterocycles. The lowest BCUT2D eigenvalue weighted by molar-refractivity contribution is 0.0639. The predicted octanol–water partition coefficient (Wildman–Crippen LogP) is 1.32. The summed E-state index contributed by atoms with van der Waals surface area (Å²) in [6, 6.07) is 1.73. The van der Waals surface area contributed by atoms with Crippen LogP contribution in [0.5, 0.6) is 0 Å². The van der Waals surface area contributed by atoms with E-state index in [0.717, 1.165) is 25.7 Å². The Bertz CT molecular complexity index is 485. The van der Waals surface area contributed by atoms with Crippen LogP contribution in [0, 0.1) is 11.6 Å². The molecular weight excluding hydrogens is 252 g/mol. The molecule has 2 rings (SSSR count). The van der Waals surface area contributed by atoms with Gasteiger partial charge in [-0.15, -0.1) is 0 Å². The van der Waals surface area contributed by atoms with Crippen molar-refractivity contribution in [1.82, 2.24) is 9.80 Å². The normalized spacial score (nSPS) is 16.7. The summed E-state index contributed by atoms with van der Waals surface area (Å²) < 4.78 is 26.7. The van der Waals surface area contributed by atoms with Crippen LogP contribution < -0.4 is 5.73 Å². The highest BCUT2D eigenvalue weighted by Gasteiger charge is 2.24. The van der Waals surface area contributed by atoms with Crippen LogP contribution in [0.2, 0.25) is 0 Å². The van der Waals surface area contributed by atoms with Gasteiger partial charge in [0.2, 0.25) is 0 Å². The van der Waals surface area contributed by atoms with Gasteiger partial charge in [-0.2, -0.15) is 0 Å². The van der Waals surface area contributed by atoms with Crippen LogP contribution in [0.15, 0.2) is 12.1 Å². The first-order chi connectivity index (χ1) is 9.02. The van der Waals surface area contributed by atoms with Gasteiger partial charge in [-0.25, -0.2) is 8.78 Å². The van der Waals surface area contributed by atoms with Crippen molar-refractivity contribution in [3.05, 3.63) is 29.3 Å². The van der Waals surface area contributed by atoms with Crippen molar-refractivity contribution < 1.29 is 13.6 Å². The molecule has 1 aromatic carbocycles. The lowest BCUT2D eigenvalue weighted by Gasteiger charge is -2.34. The molecular formula is C13H17F2N3O. The number of amides is 1. The van der Waals surface area contributed by atoms with Gasteiger partial charge in [0, 0.05) is 32.2 Å². The first-order valence-corrected chi connectivity index (χ1v) is 6.29. The van der Waals surface area contributed by atoms with Gasteiger partial charge in [-0.05, 0) is 12.6 Å². The third-order valence-corrected chi connectivity index (χ3v) is 3.42. The van der Waals surface area contributed by atoms with E-state index in [0.29, 0.717) is 19.2 Å². The van der Waals surface area contributed by atoms with E-state index in [1.807, 2.05) is 0 Å². The van der Waals surface area contributed by atoms with Crippen molar-refractivity contribution >= 4 is 11.6 Å². The summed E-state index contributed by atoms with van der Waals surface area (Å²) in [4.78, 5) is 15.9. The minimum absolute atomic E-state index is 0.163. The van der Waals surface area contributed by atoms with E-state index in [1.54, 1.807) is 4.90 Å². The summed E-state index contributed by atoms with van der Waals surface area (Å²) in [7, 11) is 0. The van der Waals surface area contributed by atoms with E-state index >= 15 is 0 Å². The molecule has 0 bridgehead atoms. The first-order valence-electron chi connectivity index (χ1n) is 6.29. The van der Waals surface area contributed by atoms with Crippen LogP contribution in [0.25, 0.3) is 0 Å². The molecule has 19 heavy (non-hydrogen) atoms. The molecule has 1 heterocycles. The molecule has 0 aromatic heterocycles. The lowest BCUT2D eigenvalue weighted by Crippen LogP contribution is -2.48. The SMILES string of the molecule is CCN1CCN(C(=O)c2cc(N)c(F)cc2F)CC1. The van der Waals surface area contributed by atoms with Crippen LogP contribution in [0.1, 0.15) is 17.3 Å². The summed E-state index contributed by atoms with van der Waals surface area (Å²) in [5.74, 6) is -2.14. The number of nitrogens with zero attached hydrogens (tertiary/aromatic N) is 2. The molecule has 104 valence electrons. The number of likely N-dealkylation sites (N-methyl/N-ethyl adjacent to an activating group) is 1. The van der Waals surface area contributed by atoms with Gasteiger partial charge in [0.1, 0.15) is 11.6 Å². The molecule has 0 spiro atoms. The Morgan fingerprint density at radius 1 is 1.21 bits per heavy atom. The van der Waals surface area contributed by atoms with Gasteiger partial charge in [0.25, 0.3) is 5.91 Å². The molecule has 1 aliphatic heterocycles. The van der Waals surface area contributed by atoms with Gasteiger partial charge >= 0.3 is 0 Å². The maximum Gasteiger partial charge on any atom is 0.256 e. The number of anilines is 1. The van der Waals surface area contributed by atoms with Gasteiger partial charge in [-0.3, -0.25) is 4.79 Å². The van der Waals surface area contributed by atoms with Crippen molar-refractivity contribution in [2.24, 2.45) is 0 Å². The van der Waals surface area contributed by atoms with Crippen molar-refractivity contribution in [2.75, 3.05) is 38.5 Å². The first kappa shape index (κ1) is 13.7. The van der Waals surface area contributed by atoms with Gasteiger partial charge < -0.3 is 15.5 Å². The maximum absolute atomic E-state index is 13.6. The van der Waals surface area contributed by atoms with Crippen molar-refractivity contribution in [3.63, 3.8) is 0 Å². The van der Waals surface area contributed by atoms with E-state index in [2.05, 4.69) is 11.8 Å². The Labute approximate surface area is 110 Å². The van der Waals surface area contributed by atoms with Crippen LogP contribution >= 0.6 is 0 Å². The molecule has 0 radical (unpaired) electrons. The average molecular weight is 269 g/mol. The standard InChI is InChI=1S/C13H17F2N3O/c1-2-17-3-5-18(6-4-17)13(19)9-7-12(16)11(15)8-10(9)14/h7-8H,2-6,16H2,1H3. The van der Waals surface area contributed by atoms with Gasteiger partial charge in [0.15, 0.2) is 0 Å². The third-order valence-electron chi connectivity index (χ3n) is 3.42. The highest BCUT2D eigenvalue weighted by Crippen LogP contribution is 2.19. The number of rotatable bonds is 2. The molecule has 0 atom stereocenters. The fourth-order valence-electron chi connectivity index (χ4n) is 2.17. The number of nitrogens with two attached hydrogens (primary N) is 1. The molecule has 4 nitrogen and oxygen atoms in total. The van der Waals surface area contributed by atoms with Crippen LogP contribution in [0.3, 0.4) is 0 Å². The Morgan fingerprint density at radius 2 is 1.84 bits per heavy atom. The summed E-state index contributed by atoms with van der Waals surface area (Å²) in [6.07, 6.45) is 0. The zero-order valence-corrected chi connectivity index (χ0v) is 10.8. The Hall–Kier alpha value is -1.69. The topological polar surface area (TPSA) is 49.6 Å². The number of hydrogen-bond acceptors (Lipinski definition) is 3. The Balaban J connectivity index is 2.14. The smallest absolute Gasteiger partial charge is 0.256 e. The number of carbonyl (C=O) groups excluding carboxylic acids is 1. The molecule has 0 unspecified atom stereocenters. The highest BCUT2D eigenvalue weighted by atomic mass is 19.1. The maximum atomic E-state index is 13.6. The fraction of sp³-hybridized carbons (Fsp3) is 0.462.